The molecule has 5 nitrogen and oxygen atoms in total. The Morgan fingerprint density at radius 1 is 1.39 bits per heavy atom. The summed E-state index contributed by atoms with van der Waals surface area (Å²) in [6, 6.07) is 7.00. The number of benzene rings is 1. The minimum absolute atomic E-state index is 0.0175. The zero-order chi connectivity index (χ0) is 16.8. The summed E-state index contributed by atoms with van der Waals surface area (Å²) >= 11 is 5.91. The lowest BCUT2D eigenvalue weighted by atomic mass is 9.79. The summed E-state index contributed by atoms with van der Waals surface area (Å²) in [5, 5.41) is 2.09. The molecule has 0 aromatic heterocycles. The van der Waals surface area contributed by atoms with Crippen LogP contribution in [0, 0.1) is 11.8 Å². The van der Waals surface area contributed by atoms with E-state index in [1.165, 1.54) is 5.01 Å². The van der Waals surface area contributed by atoms with Gasteiger partial charge in [0.05, 0.1) is 11.6 Å². The van der Waals surface area contributed by atoms with Crippen LogP contribution in [0.4, 0.5) is 5.69 Å². The molecule has 23 heavy (non-hydrogen) atoms. The normalized spacial score (nSPS) is 27.0. The molecule has 0 radical (unpaired) electrons. The standard InChI is InChI=1S/C17H20ClN3O2/c1-4-9-20-10-14-15(22)21(13-7-5-12(18)6-8-13)19-17(14,11(2)3)16(20)23/h4-8,11,14,19H,1,9-10H2,2-3H3. The molecule has 0 bridgehead atoms. The first-order valence-corrected chi connectivity index (χ1v) is 8.07. The summed E-state index contributed by atoms with van der Waals surface area (Å²) in [7, 11) is 0. The molecule has 1 aromatic carbocycles. The Labute approximate surface area is 140 Å². The highest BCUT2D eigenvalue weighted by atomic mass is 35.5. The smallest absolute Gasteiger partial charge is 0.248 e. The van der Waals surface area contributed by atoms with Crippen LogP contribution in [0.5, 0.6) is 0 Å². The van der Waals surface area contributed by atoms with Gasteiger partial charge in [0, 0.05) is 18.1 Å². The van der Waals surface area contributed by atoms with Crippen LogP contribution in [0.1, 0.15) is 13.8 Å². The minimum atomic E-state index is -0.889. The maximum Gasteiger partial charge on any atom is 0.248 e. The number of halogens is 1. The summed E-state index contributed by atoms with van der Waals surface area (Å²) in [6.45, 7) is 8.49. The van der Waals surface area contributed by atoms with E-state index < -0.39 is 11.5 Å². The van der Waals surface area contributed by atoms with E-state index in [0.29, 0.717) is 23.8 Å². The van der Waals surface area contributed by atoms with Crippen molar-refractivity contribution in [3.63, 3.8) is 0 Å². The molecule has 0 aliphatic carbocycles. The SMILES string of the molecule is C=CCN1CC2C(=O)N(c3ccc(Cl)cc3)NC2(C(C)C)C1=O. The second kappa shape index (κ2) is 5.65. The van der Waals surface area contributed by atoms with E-state index in [2.05, 4.69) is 12.0 Å². The van der Waals surface area contributed by atoms with Crippen molar-refractivity contribution in [1.82, 2.24) is 10.3 Å². The number of rotatable bonds is 4. The molecule has 2 unspecified atom stereocenters. The van der Waals surface area contributed by atoms with Gasteiger partial charge in [-0.25, -0.2) is 10.4 Å². The molecule has 2 amide bonds. The molecule has 2 saturated heterocycles. The van der Waals surface area contributed by atoms with Gasteiger partial charge in [-0.3, -0.25) is 9.59 Å². The van der Waals surface area contributed by atoms with E-state index in [1.807, 2.05) is 13.8 Å². The number of hydrogen-bond acceptors (Lipinski definition) is 3. The molecule has 2 atom stereocenters. The monoisotopic (exact) mass is 333 g/mol. The highest BCUT2D eigenvalue weighted by Crippen LogP contribution is 2.42. The quantitative estimate of drug-likeness (QED) is 0.860. The van der Waals surface area contributed by atoms with Crippen molar-refractivity contribution >= 4 is 29.1 Å². The highest BCUT2D eigenvalue weighted by Gasteiger charge is 2.64. The summed E-state index contributed by atoms with van der Waals surface area (Å²) < 4.78 is 0. The van der Waals surface area contributed by atoms with Gasteiger partial charge in [0.1, 0.15) is 5.54 Å². The molecule has 3 rings (SSSR count). The van der Waals surface area contributed by atoms with Crippen molar-refractivity contribution in [2.75, 3.05) is 18.1 Å². The average Bonchev–Trinajstić information content (AvgIpc) is 2.96. The molecule has 2 aliphatic rings. The zero-order valence-electron chi connectivity index (χ0n) is 13.3. The van der Waals surface area contributed by atoms with Crippen LogP contribution >= 0.6 is 11.6 Å². The van der Waals surface area contributed by atoms with Crippen LogP contribution in [0.3, 0.4) is 0 Å². The second-order valence-electron chi connectivity index (χ2n) is 6.34. The molecule has 1 aromatic rings. The Balaban J connectivity index is 1.98. The predicted octanol–water partition coefficient (Wildman–Crippen LogP) is 2.23. The molecule has 2 heterocycles. The third kappa shape index (κ3) is 2.26. The largest absolute Gasteiger partial charge is 0.336 e. The number of likely N-dealkylation sites (tertiary alicyclic amines) is 1. The van der Waals surface area contributed by atoms with Gasteiger partial charge in [-0.2, -0.15) is 0 Å². The number of fused-ring (bicyclic) bond motifs is 1. The summed E-state index contributed by atoms with van der Waals surface area (Å²) in [5.74, 6) is -0.537. The van der Waals surface area contributed by atoms with Crippen molar-refractivity contribution in [2.24, 2.45) is 11.8 Å². The molecule has 0 spiro atoms. The Kier molecular flexibility index (Phi) is 3.94. The second-order valence-corrected chi connectivity index (χ2v) is 6.77. The maximum atomic E-state index is 12.9. The molecule has 0 saturated carbocycles. The summed E-state index contributed by atoms with van der Waals surface area (Å²) in [6.07, 6.45) is 1.69. The van der Waals surface area contributed by atoms with Crippen molar-refractivity contribution in [1.29, 1.82) is 0 Å². The molecule has 2 fully saturated rings. The average molecular weight is 334 g/mol. The van der Waals surface area contributed by atoms with Crippen molar-refractivity contribution < 1.29 is 9.59 Å². The summed E-state index contributed by atoms with van der Waals surface area (Å²) in [5.41, 5.74) is 3.01. The lowest BCUT2D eigenvalue weighted by Crippen LogP contribution is -2.57. The maximum absolute atomic E-state index is 12.9. The van der Waals surface area contributed by atoms with E-state index in [9.17, 15) is 9.59 Å². The van der Waals surface area contributed by atoms with Crippen molar-refractivity contribution in [3.8, 4) is 0 Å². The molecule has 6 heteroatoms. The number of hydrazine groups is 1. The van der Waals surface area contributed by atoms with Gasteiger partial charge in [-0.15, -0.1) is 6.58 Å². The van der Waals surface area contributed by atoms with Gasteiger partial charge in [-0.05, 0) is 30.2 Å². The Bertz CT molecular complexity index is 658. The fourth-order valence-corrected chi connectivity index (χ4v) is 3.65. The van der Waals surface area contributed by atoms with Crippen LogP contribution in [-0.4, -0.2) is 35.3 Å². The number of hydrogen-bond donors (Lipinski definition) is 1. The number of nitrogens with zero attached hydrogens (tertiary/aromatic N) is 2. The molecular formula is C17H20ClN3O2. The molecule has 2 aliphatic heterocycles. The van der Waals surface area contributed by atoms with E-state index >= 15 is 0 Å². The van der Waals surface area contributed by atoms with Gasteiger partial charge in [0.2, 0.25) is 11.8 Å². The van der Waals surface area contributed by atoms with Gasteiger partial charge in [0.15, 0.2) is 0 Å². The van der Waals surface area contributed by atoms with Crippen LogP contribution in [0.2, 0.25) is 5.02 Å². The van der Waals surface area contributed by atoms with Gasteiger partial charge in [-0.1, -0.05) is 31.5 Å². The number of carbonyl (C=O) groups excluding carboxylic acids is 2. The number of anilines is 1. The van der Waals surface area contributed by atoms with E-state index in [0.717, 1.165) is 0 Å². The van der Waals surface area contributed by atoms with Crippen molar-refractivity contribution in [3.05, 3.63) is 41.9 Å². The third-order valence-electron chi connectivity index (χ3n) is 4.75. The first kappa shape index (κ1) is 16.0. The number of nitrogens with one attached hydrogen (secondary N) is 1. The highest BCUT2D eigenvalue weighted by molar-refractivity contribution is 6.30. The Morgan fingerprint density at radius 3 is 2.57 bits per heavy atom. The lowest BCUT2D eigenvalue weighted by molar-refractivity contribution is -0.134. The fourth-order valence-electron chi connectivity index (χ4n) is 3.53. The Hall–Kier alpha value is -1.85. The van der Waals surface area contributed by atoms with E-state index in [4.69, 9.17) is 11.6 Å². The first-order valence-electron chi connectivity index (χ1n) is 7.69. The molecule has 1 N–H and O–H groups in total. The number of carbonyl (C=O) groups is 2. The lowest BCUT2D eigenvalue weighted by Gasteiger charge is -2.31. The minimum Gasteiger partial charge on any atom is -0.336 e. The topological polar surface area (TPSA) is 52.7 Å². The summed E-state index contributed by atoms with van der Waals surface area (Å²) in [4.78, 5) is 27.5. The van der Waals surface area contributed by atoms with Crippen LogP contribution in [0.15, 0.2) is 36.9 Å². The van der Waals surface area contributed by atoms with E-state index in [1.54, 1.807) is 35.2 Å². The third-order valence-corrected chi connectivity index (χ3v) is 5.01. The van der Waals surface area contributed by atoms with Gasteiger partial charge >= 0.3 is 0 Å². The van der Waals surface area contributed by atoms with E-state index in [-0.39, 0.29) is 17.7 Å². The predicted molar refractivity (Wildman–Crippen MR) is 89.9 cm³/mol. The fraction of sp³-hybridized carbons (Fsp3) is 0.412. The van der Waals surface area contributed by atoms with Gasteiger partial charge in [0.25, 0.3) is 0 Å². The Morgan fingerprint density at radius 2 is 2.04 bits per heavy atom. The zero-order valence-corrected chi connectivity index (χ0v) is 14.0. The van der Waals surface area contributed by atoms with Crippen LogP contribution in [-0.2, 0) is 9.59 Å². The van der Waals surface area contributed by atoms with Crippen molar-refractivity contribution in [2.45, 2.75) is 19.4 Å². The molecular weight excluding hydrogens is 314 g/mol. The first-order chi connectivity index (χ1) is 10.9. The van der Waals surface area contributed by atoms with Crippen LogP contribution < -0.4 is 10.4 Å². The van der Waals surface area contributed by atoms with Crippen LogP contribution in [0.25, 0.3) is 0 Å². The number of amides is 2. The van der Waals surface area contributed by atoms with Gasteiger partial charge < -0.3 is 4.90 Å². The molecule has 122 valence electrons.